The molecule has 0 saturated carbocycles. The molecule has 0 atom stereocenters. The number of amides is 1. The molecule has 4 rings (SSSR count). The van der Waals surface area contributed by atoms with E-state index in [0.29, 0.717) is 36.2 Å². The molecule has 1 amide bonds. The van der Waals surface area contributed by atoms with Gasteiger partial charge in [0.1, 0.15) is 18.0 Å². The summed E-state index contributed by atoms with van der Waals surface area (Å²) in [6, 6.07) is 13.2. The van der Waals surface area contributed by atoms with Crippen molar-refractivity contribution in [2.75, 3.05) is 20.3 Å². The third-order valence-electron chi connectivity index (χ3n) is 4.72. The van der Waals surface area contributed by atoms with Crippen LogP contribution in [0.5, 0.6) is 5.88 Å². The van der Waals surface area contributed by atoms with E-state index >= 15 is 0 Å². The molecule has 4 aromatic rings. The molecule has 0 aliphatic heterocycles. The molecule has 32 heavy (non-hydrogen) atoms. The number of ether oxygens (including phenoxy) is 2. The highest BCUT2D eigenvalue weighted by molar-refractivity contribution is 5.97. The first kappa shape index (κ1) is 21.3. The summed E-state index contributed by atoms with van der Waals surface area (Å²) in [6.07, 6.45) is 6.75. The largest absolute Gasteiger partial charge is 0.475 e. The number of hydrogen-bond acceptors (Lipinski definition) is 5. The normalized spacial score (nSPS) is 10.8. The van der Waals surface area contributed by atoms with Crippen molar-refractivity contribution in [1.82, 2.24) is 24.6 Å². The Morgan fingerprint density at radius 1 is 1.09 bits per heavy atom. The van der Waals surface area contributed by atoms with Crippen molar-refractivity contribution in [3.63, 3.8) is 0 Å². The molecule has 1 aromatic carbocycles. The molecule has 0 fully saturated rings. The summed E-state index contributed by atoms with van der Waals surface area (Å²) < 4.78 is 27.4. The molecule has 9 heteroatoms. The maximum absolute atomic E-state index is 13.4. The van der Waals surface area contributed by atoms with Gasteiger partial charge in [-0.1, -0.05) is 6.07 Å². The molecular formula is C23H22FN5O3. The van der Waals surface area contributed by atoms with Crippen LogP contribution in [-0.4, -0.2) is 45.6 Å². The zero-order valence-corrected chi connectivity index (χ0v) is 17.4. The van der Waals surface area contributed by atoms with Crippen molar-refractivity contribution in [1.29, 1.82) is 0 Å². The quantitative estimate of drug-likeness (QED) is 0.409. The van der Waals surface area contributed by atoms with E-state index in [-0.39, 0.29) is 18.3 Å². The van der Waals surface area contributed by atoms with Gasteiger partial charge in [0.25, 0.3) is 5.91 Å². The van der Waals surface area contributed by atoms with E-state index in [0.717, 1.165) is 5.56 Å². The number of rotatable bonds is 9. The molecule has 0 aliphatic carbocycles. The van der Waals surface area contributed by atoms with Crippen LogP contribution in [0, 0.1) is 5.82 Å². The minimum absolute atomic E-state index is 0.224. The number of halogens is 1. The summed E-state index contributed by atoms with van der Waals surface area (Å²) in [4.78, 5) is 17.3. The lowest BCUT2D eigenvalue weighted by atomic mass is 10.2. The summed E-state index contributed by atoms with van der Waals surface area (Å²) in [5.74, 6) is 0.328. The summed E-state index contributed by atoms with van der Waals surface area (Å²) in [7, 11) is 1.59. The molecule has 3 aromatic heterocycles. The van der Waals surface area contributed by atoms with Crippen molar-refractivity contribution in [3.05, 3.63) is 90.3 Å². The minimum atomic E-state index is -0.346. The van der Waals surface area contributed by atoms with Crippen molar-refractivity contribution in [2.45, 2.75) is 6.54 Å². The first-order valence-corrected chi connectivity index (χ1v) is 9.98. The second-order valence-electron chi connectivity index (χ2n) is 6.85. The molecule has 0 unspecified atom stereocenters. The lowest BCUT2D eigenvalue weighted by Crippen LogP contribution is -2.24. The fourth-order valence-corrected chi connectivity index (χ4v) is 3.18. The van der Waals surface area contributed by atoms with Gasteiger partial charge in [-0.05, 0) is 42.5 Å². The highest BCUT2D eigenvalue weighted by Crippen LogP contribution is 2.21. The first-order chi connectivity index (χ1) is 15.7. The predicted molar refractivity (Wildman–Crippen MR) is 116 cm³/mol. The Balaban J connectivity index is 1.58. The zero-order valence-electron chi connectivity index (χ0n) is 17.4. The Labute approximate surface area is 184 Å². The number of aromatic nitrogens is 4. The van der Waals surface area contributed by atoms with Gasteiger partial charge in [0.15, 0.2) is 5.82 Å². The summed E-state index contributed by atoms with van der Waals surface area (Å²) in [5.41, 5.74) is 1.75. The van der Waals surface area contributed by atoms with Gasteiger partial charge in [-0.3, -0.25) is 4.79 Å². The second-order valence-corrected chi connectivity index (χ2v) is 6.85. The predicted octanol–water partition coefficient (Wildman–Crippen LogP) is 3.15. The Bertz CT molecular complexity index is 1170. The van der Waals surface area contributed by atoms with E-state index in [1.165, 1.54) is 18.3 Å². The SMILES string of the molecule is COCCOc1ncccc1CNC(=O)c1cnn(-c2ccc(F)cc2)c1-n1cccc1. The highest BCUT2D eigenvalue weighted by Gasteiger charge is 2.20. The zero-order chi connectivity index (χ0) is 22.3. The number of carbonyl (C=O) groups is 1. The number of hydrogen-bond donors (Lipinski definition) is 1. The van der Waals surface area contributed by atoms with Gasteiger partial charge in [-0.15, -0.1) is 0 Å². The number of benzene rings is 1. The van der Waals surface area contributed by atoms with Gasteiger partial charge in [-0.2, -0.15) is 5.10 Å². The smallest absolute Gasteiger partial charge is 0.256 e. The van der Waals surface area contributed by atoms with Gasteiger partial charge < -0.3 is 19.4 Å². The molecule has 3 heterocycles. The Hall–Kier alpha value is -3.98. The Morgan fingerprint density at radius 3 is 2.62 bits per heavy atom. The maximum Gasteiger partial charge on any atom is 0.256 e. The van der Waals surface area contributed by atoms with Crippen LogP contribution in [0.1, 0.15) is 15.9 Å². The first-order valence-electron chi connectivity index (χ1n) is 9.98. The fourth-order valence-electron chi connectivity index (χ4n) is 3.18. The monoisotopic (exact) mass is 435 g/mol. The maximum atomic E-state index is 13.4. The van der Waals surface area contributed by atoms with Crippen LogP contribution in [0.3, 0.4) is 0 Å². The van der Waals surface area contributed by atoms with Crippen LogP contribution in [0.2, 0.25) is 0 Å². The number of carbonyl (C=O) groups excluding carboxylic acids is 1. The van der Waals surface area contributed by atoms with Crippen molar-refractivity contribution in [2.24, 2.45) is 0 Å². The lowest BCUT2D eigenvalue weighted by molar-refractivity contribution is 0.0950. The van der Waals surface area contributed by atoms with Crippen LogP contribution in [-0.2, 0) is 11.3 Å². The lowest BCUT2D eigenvalue weighted by Gasteiger charge is -2.12. The van der Waals surface area contributed by atoms with Crippen LogP contribution < -0.4 is 10.1 Å². The third-order valence-corrected chi connectivity index (χ3v) is 4.72. The molecule has 0 radical (unpaired) electrons. The summed E-state index contributed by atoms with van der Waals surface area (Å²) >= 11 is 0. The van der Waals surface area contributed by atoms with E-state index in [2.05, 4.69) is 15.4 Å². The Morgan fingerprint density at radius 2 is 1.88 bits per heavy atom. The van der Waals surface area contributed by atoms with E-state index in [9.17, 15) is 9.18 Å². The number of methoxy groups -OCH3 is 1. The van der Waals surface area contributed by atoms with E-state index in [1.807, 2.05) is 30.6 Å². The third kappa shape index (κ3) is 4.68. The van der Waals surface area contributed by atoms with Crippen molar-refractivity contribution >= 4 is 5.91 Å². The average Bonchev–Trinajstić information content (AvgIpc) is 3.49. The van der Waals surface area contributed by atoms with Gasteiger partial charge in [0, 0.05) is 37.8 Å². The van der Waals surface area contributed by atoms with Gasteiger partial charge in [0.2, 0.25) is 5.88 Å². The topological polar surface area (TPSA) is 83.2 Å². The minimum Gasteiger partial charge on any atom is -0.475 e. The van der Waals surface area contributed by atoms with Crippen LogP contribution in [0.15, 0.2) is 73.3 Å². The van der Waals surface area contributed by atoms with Gasteiger partial charge in [-0.25, -0.2) is 14.1 Å². The number of nitrogens with zero attached hydrogens (tertiary/aromatic N) is 4. The number of nitrogens with one attached hydrogen (secondary N) is 1. The number of pyridine rings is 1. The molecule has 164 valence electrons. The van der Waals surface area contributed by atoms with E-state index < -0.39 is 0 Å². The van der Waals surface area contributed by atoms with Crippen LogP contribution in [0.4, 0.5) is 4.39 Å². The molecule has 0 bridgehead atoms. The van der Waals surface area contributed by atoms with Gasteiger partial charge in [0.05, 0.1) is 18.5 Å². The van der Waals surface area contributed by atoms with E-state index in [1.54, 1.807) is 40.8 Å². The molecule has 1 N–H and O–H groups in total. The van der Waals surface area contributed by atoms with E-state index in [4.69, 9.17) is 9.47 Å². The Kier molecular flexibility index (Phi) is 6.57. The fraction of sp³-hybridized carbons (Fsp3) is 0.174. The molecule has 0 aliphatic rings. The second kappa shape index (κ2) is 9.88. The van der Waals surface area contributed by atoms with Crippen LogP contribution >= 0.6 is 0 Å². The highest BCUT2D eigenvalue weighted by atomic mass is 19.1. The average molecular weight is 435 g/mol. The molecule has 0 spiro atoms. The molecule has 8 nitrogen and oxygen atoms in total. The van der Waals surface area contributed by atoms with Crippen molar-refractivity contribution in [3.8, 4) is 17.4 Å². The molecule has 0 saturated heterocycles. The van der Waals surface area contributed by atoms with Gasteiger partial charge >= 0.3 is 0 Å². The standard InChI is InChI=1S/C23H22FN5O3/c1-31-13-14-32-22-17(5-4-10-25-22)15-26-21(30)20-16-27-29(19-8-6-18(24)7-9-19)23(20)28-11-2-3-12-28/h2-12,16H,13-15H2,1H3,(H,26,30). The van der Waals surface area contributed by atoms with Crippen molar-refractivity contribution < 1.29 is 18.7 Å². The summed E-state index contributed by atoms with van der Waals surface area (Å²) in [6.45, 7) is 1.02. The summed E-state index contributed by atoms with van der Waals surface area (Å²) in [5, 5.41) is 7.28. The molecular weight excluding hydrogens is 413 g/mol. The van der Waals surface area contributed by atoms with Crippen LogP contribution in [0.25, 0.3) is 11.5 Å².